The Hall–Kier alpha value is -1.35. The van der Waals surface area contributed by atoms with E-state index in [-0.39, 0.29) is 0 Å². The van der Waals surface area contributed by atoms with Gasteiger partial charge >= 0.3 is 5.97 Å². The van der Waals surface area contributed by atoms with Crippen molar-refractivity contribution in [3.05, 3.63) is 35.4 Å². The average Bonchev–Trinajstić information content (AvgIpc) is 2.65. The number of hydrogen-bond acceptors (Lipinski definition) is 2. The molecule has 1 aliphatic rings. The lowest BCUT2D eigenvalue weighted by molar-refractivity contribution is 0.0697. The largest absolute Gasteiger partial charge is 0.478 e. The first-order valence-corrected chi connectivity index (χ1v) is 5.18. The third-order valence-electron chi connectivity index (χ3n) is 3.02. The Labute approximate surface area is 89.3 Å². The van der Waals surface area contributed by atoms with Crippen LogP contribution in [0.25, 0.3) is 0 Å². The molecule has 1 aliphatic heterocycles. The standard InChI is InChI=1S/C12H15NO2/c1-13-7-6-11(8-13)9-2-4-10(5-3-9)12(14)15/h2-5,11H,6-8H2,1H3,(H,14,15). The van der Waals surface area contributed by atoms with E-state index in [1.807, 2.05) is 12.1 Å². The Kier molecular flexibility index (Phi) is 2.73. The molecule has 0 bridgehead atoms. The molecule has 1 saturated heterocycles. The second-order valence-electron chi connectivity index (χ2n) is 4.18. The quantitative estimate of drug-likeness (QED) is 0.800. The molecule has 0 amide bonds. The van der Waals surface area contributed by atoms with Crippen LogP contribution in [0.3, 0.4) is 0 Å². The molecule has 3 nitrogen and oxygen atoms in total. The summed E-state index contributed by atoms with van der Waals surface area (Å²) in [4.78, 5) is 13.0. The highest BCUT2D eigenvalue weighted by Gasteiger charge is 2.20. The van der Waals surface area contributed by atoms with Crippen molar-refractivity contribution in [2.24, 2.45) is 0 Å². The van der Waals surface area contributed by atoms with Gasteiger partial charge in [-0.1, -0.05) is 12.1 Å². The number of likely N-dealkylation sites (N-methyl/N-ethyl adjacent to an activating group) is 1. The Morgan fingerprint density at radius 3 is 2.53 bits per heavy atom. The van der Waals surface area contributed by atoms with Gasteiger partial charge in [0.15, 0.2) is 0 Å². The molecular formula is C12H15NO2. The van der Waals surface area contributed by atoms with Gasteiger partial charge in [-0.25, -0.2) is 4.79 Å². The monoisotopic (exact) mass is 205 g/mol. The average molecular weight is 205 g/mol. The van der Waals surface area contributed by atoms with Crippen LogP contribution in [0.1, 0.15) is 28.3 Å². The SMILES string of the molecule is CN1CCC(c2ccc(C(=O)O)cc2)C1. The summed E-state index contributed by atoms with van der Waals surface area (Å²) in [5, 5.41) is 8.77. The van der Waals surface area contributed by atoms with Gasteiger partial charge in [-0.3, -0.25) is 0 Å². The molecule has 80 valence electrons. The molecule has 1 heterocycles. The molecule has 0 aliphatic carbocycles. The predicted octanol–water partition coefficient (Wildman–Crippen LogP) is 1.80. The number of carboxylic acid groups (broad SMARTS) is 1. The number of nitrogens with zero attached hydrogens (tertiary/aromatic N) is 1. The summed E-state index contributed by atoms with van der Waals surface area (Å²) in [5.74, 6) is -0.289. The lowest BCUT2D eigenvalue weighted by atomic mass is 9.97. The molecule has 0 aromatic heterocycles. The summed E-state index contributed by atoms with van der Waals surface area (Å²) >= 11 is 0. The van der Waals surface area contributed by atoms with Gasteiger partial charge in [-0.2, -0.15) is 0 Å². The fourth-order valence-electron chi connectivity index (χ4n) is 2.10. The number of hydrogen-bond donors (Lipinski definition) is 1. The highest BCUT2D eigenvalue weighted by atomic mass is 16.4. The minimum absolute atomic E-state index is 0.366. The fraction of sp³-hybridized carbons (Fsp3) is 0.417. The first-order valence-electron chi connectivity index (χ1n) is 5.18. The topological polar surface area (TPSA) is 40.5 Å². The van der Waals surface area contributed by atoms with Gasteiger partial charge in [0.1, 0.15) is 0 Å². The van der Waals surface area contributed by atoms with Crippen LogP contribution in [0.15, 0.2) is 24.3 Å². The fourth-order valence-corrected chi connectivity index (χ4v) is 2.10. The first-order chi connectivity index (χ1) is 7.16. The van der Waals surface area contributed by atoms with Crippen molar-refractivity contribution in [2.45, 2.75) is 12.3 Å². The maximum atomic E-state index is 10.7. The molecule has 0 radical (unpaired) electrons. The molecule has 1 aromatic carbocycles. The smallest absolute Gasteiger partial charge is 0.335 e. The molecule has 1 N–H and O–H groups in total. The molecule has 2 rings (SSSR count). The summed E-state index contributed by atoms with van der Waals surface area (Å²) in [6.45, 7) is 2.21. The van der Waals surface area contributed by atoms with Gasteiger partial charge in [0.25, 0.3) is 0 Å². The predicted molar refractivity (Wildman–Crippen MR) is 58.3 cm³/mol. The zero-order chi connectivity index (χ0) is 10.8. The van der Waals surface area contributed by atoms with Crippen LogP contribution in [0, 0.1) is 0 Å². The third kappa shape index (κ3) is 2.18. The minimum Gasteiger partial charge on any atom is -0.478 e. The molecule has 3 heteroatoms. The van der Waals surface area contributed by atoms with E-state index < -0.39 is 5.97 Å². The van der Waals surface area contributed by atoms with Crippen molar-refractivity contribution in [1.29, 1.82) is 0 Å². The Balaban J connectivity index is 2.13. The van der Waals surface area contributed by atoms with Crippen LogP contribution in [0.4, 0.5) is 0 Å². The van der Waals surface area contributed by atoms with Crippen LogP contribution in [0.5, 0.6) is 0 Å². The van der Waals surface area contributed by atoms with Crippen LogP contribution in [-0.2, 0) is 0 Å². The highest BCUT2D eigenvalue weighted by Crippen LogP contribution is 2.26. The van der Waals surface area contributed by atoms with Crippen LogP contribution >= 0.6 is 0 Å². The van der Waals surface area contributed by atoms with Gasteiger partial charge in [0.2, 0.25) is 0 Å². The van der Waals surface area contributed by atoms with Crippen LogP contribution in [-0.4, -0.2) is 36.1 Å². The van der Waals surface area contributed by atoms with E-state index in [1.54, 1.807) is 12.1 Å². The Bertz CT molecular complexity index is 358. The number of carboxylic acids is 1. The summed E-state index contributed by atoms with van der Waals surface area (Å²) in [6.07, 6.45) is 1.17. The number of carbonyl (C=O) groups is 1. The van der Waals surface area contributed by atoms with E-state index in [0.29, 0.717) is 11.5 Å². The van der Waals surface area contributed by atoms with E-state index in [4.69, 9.17) is 5.11 Å². The van der Waals surface area contributed by atoms with Crippen molar-refractivity contribution in [3.8, 4) is 0 Å². The van der Waals surface area contributed by atoms with E-state index in [1.165, 1.54) is 12.0 Å². The number of benzene rings is 1. The summed E-state index contributed by atoms with van der Waals surface area (Å²) in [7, 11) is 2.12. The van der Waals surface area contributed by atoms with Crippen molar-refractivity contribution in [1.82, 2.24) is 4.90 Å². The van der Waals surface area contributed by atoms with E-state index >= 15 is 0 Å². The lowest BCUT2D eigenvalue weighted by Crippen LogP contribution is -2.13. The van der Waals surface area contributed by atoms with Crippen molar-refractivity contribution in [2.75, 3.05) is 20.1 Å². The molecule has 1 aromatic rings. The number of aromatic carboxylic acids is 1. The van der Waals surface area contributed by atoms with Gasteiger partial charge in [-0.05, 0) is 43.6 Å². The highest BCUT2D eigenvalue weighted by molar-refractivity contribution is 5.87. The van der Waals surface area contributed by atoms with Gasteiger partial charge in [0.05, 0.1) is 5.56 Å². The zero-order valence-corrected chi connectivity index (χ0v) is 8.81. The second-order valence-corrected chi connectivity index (χ2v) is 4.18. The van der Waals surface area contributed by atoms with Gasteiger partial charge in [-0.15, -0.1) is 0 Å². The normalized spacial score (nSPS) is 21.8. The maximum absolute atomic E-state index is 10.7. The van der Waals surface area contributed by atoms with E-state index in [0.717, 1.165) is 13.1 Å². The molecule has 1 fully saturated rings. The van der Waals surface area contributed by atoms with Crippen molar-refractivity contribution in [3.63, 3.8) is 0 Å². The first kappa shape index (κ1) is 10.2. The Morgan fingerprint density at radius 1 is 1.40 bits per heavy atom. The number of likely N-dealkylation sites (tertiary alicyclic amines) is 1. The third-order valence-corrected chi connectivity index (χ3v) is 3.02. The lowest BCUT2D eigenvalue weighted by Gasteiger charge is -2.10. The second kappa shape index (κ2) is 4.03. The molecule has 15 heavy (non-hydrogen) atoms. The summed E-state index contributed by atoms with van der Waals surface area (Å²) in [5.41, 5.74) is 1.62. The molecule has 0 spiro atoms. The maximum Gasteiger partial charge on any atom is 0.335 e. The summed E-state index contributed by atoms with van der Waals surface area (Å²) < 4.78 is 0. The molecular weight excluding hydrogens is 190 g/mol. The summed E-state index contributed by atoms with van der Waals surface area (Å²) in [6, 6.07) is 7.26. The van der Waals surface area contributed by atoms with Gasteiger partial charge in [0, 0.05) is 6.54 Å². The van der Waals surface area contributed by atoms with E-state index in [2.05, 4.69) is 11.9 Å². The van der Waals surface area contributed by atoms with E-state index in [9.17, 15) is 4.79 Å². The van der Waals surface area contributed by atoms with Gasteiger partial charge < -0.3 is 10.0 Å². The van der Waals surface area contributed by atoms with Crippen LogP contribution < -0.4 is 0 Å². The Morgan fingerprint density at radius 2 is 2.07 bits per heavy atom. The number of rotatable bonds is 2. The molecule has 1 atom stereocenters. The minimum atomic E-state index is -0.856. The van der Waals surface area contributed by atoms with Crippen LogP contribution in [0.2, 0.25) is 0 Å². The van der Waals surface area contributed by atoms with Crippen molar-refractivity contribution < 1.29 is 9.90 Å². The molecule has 0 saturated carbocycles. The molecule has 1 unspecified atom stereocenters. The zero-order valence-electron chi connectivity index (χ0n) is 8.81. The van der Waals surface area contributed by atoms with Crippen molar-refractivity contribution >= 4 is 5.97 Å².